The molecule has 0 atom stereocenters. The Morgan fingerprint density at radius 1 is 1.15 bits per heavy atom. The smallest absolute Gasteiger partial charge is 0.371 e. The molecule has 1 aromatic heterocycles. The highest BCUT2D eigenvalue weighted by Gasteiger charge is 2.09. The zero-order valence-electron chi connectivity index (χ0n) is 10.5. The topological polar surface area (TPSA) is 88.8 Å². The minimum atomic E-state index is -1.14. The molecule has 0 aliphatic heterocycles. The molecule has 104 valence electrons. The van der Waals surface area contributed by atoms with E-state index >= 15 is 0 Å². The van der Waals surface area contributed by atoms with Crippen molar-refractivity contribution in [3.63, 3.8) is 0 Å². The van der Waals surface area contributed by atoms with E-state index in [-0.39, 0.29) is 24.8 Å². The van der Waals surface area contributed by atoms with Gasteiger partial charge in [-0.2, -0.15) is 0 Å². The third-order valence-corrected chi connectivity index (χ3v) is 2.45. The molecule has 0 aliphatic rings. The Hall–Kier alpha value is -2.76. The number of carbonyl (C=O) groups is 2. The van der Waals surface area contributed by atoms with Crippen LogP contribution in [0.25, 0.3) is 0 Å². The van der Waals surface area contributed by atoms with E-state index in [2.05, 4.69) is 5.32 Å². The summed E-state index contributed by atoms with van der Waals surface area (Å²) >= 11 is 0. The van der Waals surface area contributed by atoms with Crippen molar-refractivity contribution in [2.45, 2.75) is 6.54 Å². The van der Waals surface area contributed by atoms with Gasteiger partial charge in [-0.25, -0.2) is 4.79 Å². The lowest BCUT2D eigenvalue weighted by molar-refractivity contribution is -0.123. The highest BCUT2D eigenvalue weighted by Crippen LogP contribution is 2.08. The van der Waals surface area contributed by atoms with Crippen molar-refractivity contribution in [2.75, 3.05) is 6.61 Å². The molecular weight excluding hydrogens is 262 g/mol. The molecule has 2 N–H and O–H groups in total. The van der Waals surface area contributed by atoms with Crippen LogP contribution in [0.5, 0.6) is 5.75 Å². The number of carboxylic acids is 1. The molecule has 0 radical (unpaired) electrons. The van der Waals surface area contributed by atoms with Crippen molar-refractivity contribution >= 4 is 11.9 Å². The predicted octanol–water partition coefficient (Wildman–Crippen LogP) is 1.67. The molecule has 0 aliphatic carbocycles. The molecule has 2 aromatic rings. The van der Waals surface area contributed by atoms with Crippen LogP contribution < -0.4 is 10.1 Å². The average molecular weight is 275 g/mol. The number of carboxylic acid groups (broad SMARTS) is 1. The van der Waals surface area contributed by atoms with Gasteiger partial charge in [0.1, 0.15) is 11.5 Å². The molecule has 1 amide bonds. The number of nitrogens with one attached hydrogen (secondary N) is 1. The van der Waals surface area contributed by atoms with Crippen molar-refractivity contribution in [2.24, 2.45) is 0 Å². The summed E-state index contributed by atoms with van der Waals surface area (Å²) in [5.41, 5.74) is 0. The van der Waals surface area contributed by atoms with Crippen molar-refractivity contribution < 1.29 is 23.8 Å². The molecule has 2 rings (SSSR count). The Labute approximate surface area is 115 Å². The Balaban J connectivity index is 1.76. The number of benzene rings is 1. The minimum Gasteiger partial charge on any atom is -0.484 e. The number of amides is 1. The van der Waals surface area contributed by atoms with Crippen molar-refractivity contribution in [3.8, 4) is 5.75 Å². The third-order valence-electron chi connectivity index (χ3n) is 2.45. The summed E-state index contributed by atoms with van der Waals surface area (Å²) in [7, 11) is 0. The van der Waals surface area contributed by atoms with Crippen LogP contribution in [-0.4, -0.2) is 23.6 Å². The Kier molecular flexibility index (Phi) is 4.39. The van der Waals surface area contributed by atoms with E-state index in [9.17, 15) is 9.59 Å². The maximum absolute atomic E-state index is 11.5. The number of para-hydroxylation sites is 1. The first-order valence-electron chi connectivity index (χ1n) is 5.91. The lowest BCUT2D eigenvalue weighted by Crippen LogP contribution is -2.28. The van der Waals surface area contributed by atoms with Crippen LogP contribution in [0, 0.1) is 0 Å². The fourth-order valence-corrected chi connectivity index (χ4v) is 1.49. The van der Waals surface area contributed by atoms with Crippen LogP contribution >= 0.6 is 0 Å². The standard InChI is InChI=1S/C14H13NO5/c16-13(9-19-10-4-2-1-3-5-10)15-8-11-6-7-12(20-11)14(17)18/h1-7H,8-9H2,(H,15,16)(H,17,18). The summed E-state index contributed by atoms with van der Waals surface area (Å²) in [6, 6.07) is 11.8. The highest BCUT2D eigenvalue weighted by atomic mass is 16.5. The monoisotopic (exact) mass is 275 g/mol. The Morgan fingerprint density at radius 3 is 2.55 bits per heavy atom. The molecule has 0 spiro atoms. The zero-order valence-corrected chi connectivity index (χ0v) is 10.5. The molecular formula is C14H13NO5. The van der Waals surface area contributed by atoms with Crippen LogP contribution in [0.15, 0.2) is 46.9 Å². The number of hydrogen-bond acceptors (Lipinski definition) is 4. The summed E-state index contributed by atoms with van der Waals surface area (Å²) in [4.78, 5) is 22.1. The van der Waals surface area contributed by atoms with Crippen LogP contribution in [0.3, 0.4) is 0 Å². The van der Waals surface area contributed by atoms with Gasteiger partial charge in [-0.05, 0) is 24.3 Å². The average Bonchev–Trinajstić information content (AvgIpc) is 2.93. The Bertz CT molecular complexity index is 591. The molecule has 20 heavy (non-hydrogen) atoms. The van der Waals surface area contributed by atoms with Gasteiger partial charge in [-0.1, -0.05) is 18.2 Å². The number of furan rings is 1. The van der Waals surface area contributed by atoms with Gasteiger partial charge in [0.25, 0.3) is 5.91 Å². The number of aromatic carboxylic acids is 1. The molecule has 0 saturated heterocycles. The van der Waals surface area contributed by atoms with Gasteiger partial charge < -0.3 is 19.6 Å². The van der Waals surface area contributed by atoms with Gasteiger partial charge in [0, 0.05) is 0 Å². The molecule has 1 heterocycles. The van der Waals surface area contributed by atoms with Gasteiger partial charge >= 0.3 is 5.97 Å². The second kappa shape index (κ2) is 6.42. The van der Waals surface area contributed by atoms with Gasteiger partial charge in [0.05, 0.1) is 6.54 Å². The van der Waals surface area contributed by atoms with E-state index in [1.165, 1.54) is 12.1 Å². The summed E-state index contributed by atoms with van der Waals surface area (Å²) < 4.78 is 10.3. The van der Waals surface area contributed by atoms with E-state index in [0.29, 0.717) is 11.5 Å². The van der Waals surface area contributed by atoms with Gasteiger partial charge in [0.2, 0.25) is 5.76 Å². The van der Waals surface area contributed by atoms with Gasteiger partial charge in [0.15, 0.2) is 6.61 Å². The molecule has 6 heteroatoms. The quantitative estimate of drug-likeness (QED) is 0.837. The minimum absolute atomic E-state index is 0.115. The van der Waals surface area contributed by atoms with E-state index < -0.39 is 5.97 Å². The van der Waals surface area contributed by atoms with E-state index in [1.807, 2.05) is 18.2 Å². The normalized spacial score (nSPS) is 10.0. The molecule has 0 unspecified atom stereocenters. The number of rotatable bonds is 6. The molecule has 1 aromatic carbocycles. The number of hydrogen-bond donors (Lipinski definition) is 2. The van der Waals surface area contributed by atoms with Gasteiger partial charge in [-0.3, -0.25) is 4.79 Å². The Morgan fingerprint density at radius 2 is 1.90 bits per heavy atom. The summed E-state index contributed by atoms with van der Waals surface area (Å²) in [5.74, 6) is -0.642. The maximum atomic E-state index is 11.5. The predicted molar refractivity (Wildman–Crippen MR) is 69.5 cm³/mol. The number of carbonyl (C=O) groups excluding carboxylic acids is 1. The first-order chi connectivity index (χ1) is 9.65. The van der Waals surface area contributed by atoms with Crippen molar-refractivity contribution in [1.82, 2.24) is 5.32 Å². The lowest BCUT2D eigenvalue weighted by Gasteiger charge is -2.06. The molecule has 0 fully saturated rings. The van der Waals surface area contributed by atoms with E-state index in [1.54, 1.807) is 12.1 Å². The first kappa shape index (κ1) is 13.7. The SMILES string of the molecule is O=C(COc1ccccc1)NCc1ccc(C(=O)O)o1. The zero-order chi connectivity index (χ0) is 14.4. The van der Waals surface area contributed by atoms with Crippen molar-refractivity contribution in [3.05, 3.63) is 54.0 Å². The van der Waals surface area contributed by atoms with Crippen molar-refractivity contribution in [1.29, 1.82) is 0 Å². The second-order valence-corrected chi connectivity index (χ2v) is 3.95. The highest BCUT2D eigenvalue weighted by molar-refractivity contribution is 5.84. The molecule has 6 nitrogen and oxygen atoms in total. The van der Waals surface area contributed by atoms with Crippen LogP contribution in [-0.2, 0) is 11.3 Å². The fourth-order valence-electron chi connectivity index (χ4n) is 1.49. The maximum Gasteiger partial charge on any atom is 0.371 e. The second-order valence-electron chi connectivity index (χ2n) is 3.95. The van der Waals surface area contributed by atoms with Crippen LogP contribution in [0.1, 0.15) is 16.3 Å². The third kappa shape index (κ3) is 3.88. The van der Waals surface area contributed by atoms with Gasteiger partial charge in [-0.15, -0.1) is 0 Å². The first-order valence-corrected chi connectivity index (χ1v) is 5.91. The summed E-state index contributed by atoms with van der Waals surface area (Å²) in [6.45, 7) is 0.000766. The van der Waals surface area contributed by atoms with E-state index in [4.69, 9.17) is 14.3 Å². The largest absolute Gasteiger partial charge is 0.484 e. The van der Waals surface area contributed by atoms with Crippen LogP contribution in [0.4, 0.5) is 0 Å². The molecule has 0 saturated carbocycles. The molecule has 0 bridgehead atoms. The number of ether oxygens (including phenoxy) is 1. The summed E-state index contributed by atoms with van der Waals surface area (Å²) in [6.07, 6.45) is 0. The van der Waals surface area contributed by atoms with E-state index in [0.717, 1.165) is 0 Å². The fraction of sp³-hybridized carbons (Fsp3) is 0.143. The van der Waals surface area contributed by atoms with Crippen LogP contribution in [0.2, 0.25) is 0 Å². The summed E-state index contributed by atoms with van der Waals surface area (Å²) in [5, 5.41) is 11.3. The lowest BCUT2D eigenvalue weighted by atomic mass is 10.3.